The van der Waals surface area contributed by atoms with Crippen LogP contribution in [-0.4, -0.2) is 23.1 Å². The van der Waals surface area contributed by atoms with Crippen molar-refractivity contribution in [3.05, 3.63) is 30.1 Å². The zero-order valence-electron chi connectivity index (χ0n) is 13.2. The third kappa shape index (κ3) is 3.34. The molecule has 1 aromatic carbocycles. The second-order valence-corrected chi connectivity index (χ2v) is 6.48. The molecule has 0 aliphatic carbocycles. The van der Waals surface area contributed by atoms with Gasteiger partial charge in [-0.1, -0.05) is 38.8 Å². The predicted octanol–water partition coefficient (Wildman–Crippen LogP) is 4.21. The molecule has 0 unspecified atom stereocenters. The number of hydrogen-bond acceptors (Lipinski definition) is 3. The normalized spacial score (nSPS) is 16.4. The van der Waals surface area contributed by atoms with Gasteiger partial charge in [0.25, 0.3) is 0 Å². The Morgan fingerprint density at radius 3 is 2.43 bits per heavy atom. The van der Waals surface area contributed by atoms with E-state index in [1.807, 2.05) is 0 Å². The fraction of sp³-hybridized carbons (Fsp3) is 0.556. The molecular weight excluding hydrogens is 258 g/mol. The summed E-state index contributed by atoms with van der Waals surface area (Å²) in [5, 5.41) is 1.20. The number of aromatic nitrogens is 2. The molecule has 2 aromatic rings. The lowest BCUT2D eigenvalue weighted by atomic mass is 10.1. The van der Waals surface area contributed by atoms with E-state index in [1.54, 1.807) is 0 Å². The summed E-state index contributed by atoms with van der Waals surface area (Å²) in [5.74, 6) is 2.73. The summed E-state index contributed by atoms with van der Waals surface area (Å²) in [5.41, 5.74) is 1.09. The second-order valence-electron chi connectivity index (χ2n) is 6.48. The van der Waals surface area contributed by atoms with Gasteiger partial charge in [-0.05, 0) is 30.9 Å². The molecule has 3 heteroatoms. The number of benzene rings is 1. The van der Waals surface area contributed by atoms with Gasteiger partial charge in [0.05, 0.1) is 5.52 Å². The fourth-order valence-electron chi connectivity index (χ4n) is 3.09. The van der Waals surface area contributed by atoms with Crippen LogP contribution in [0.2, 0.25) is 0 Å². The SMILES string of the molecule is CC(C)Cc1nc(N2CCCCCC2)c2ccccc2n1. The van der Waals surface area contributed by atoms with Crippen LogP contribution in [0, 0.1) is 5.92 Å². The smallest absolute Gasteiger partial charge is 0.140 e. The van der Waals surface area contributed by atoms with Crippen LogP contribution in [0.3, 0.4) is 0 Å². The third-order valence-corrected chi connectivity index (χ3v) is 4.13. The molecule has 0 atom stereocenters. The van der Waals surface area contributed by atoms with Crippen molar-refractivity contribution in [1.82, 2.24) is 9.97 Å². The largest absolute Gasteiger partial charge is 0.356 e. The third-order valence-electron chi connectivity index (χ3n) is 4.13. The Bertz CT molecular complexity index is 598. The number of para-hydroxylation sites is 1. The first-order valence-corrected chi connectivity index (χ1v) is 8.24. The first-order valence-electron chi connectivity index (χ1n) is 8.24. The molecule has 1 aliphatic heterocycles. The van der Waals surface area contributed by atoms with Crippen LogP contribution in [0.15, 0.2) is 24.3 Å². The van der Waals surface area contributed by atoms with Crippen molar-refractivity contribution in [2.45, 2.75) is 46.0 Å². The van der Waals surface area contributed by atoms with Gasteiger partial charge in [-0.2, -0.15) is 0 Å². The van der Waals surface area contributed by atoms with Crippen molar-refractivity contribution in [1.29, 1.82) is 0 Å². The molecular formula is C18H25N3. The number of hydrogen-bond donors (Lipinski definition) is 0. The molecule has 0 radical (unpaired) electrons. The second kappa shape index (κ2) is 6.42. The maximum Gasteiger partial charge on any atom is 0.140 e. The number of anilines is 1. The molecule has 0 saturated carbocycles. The Hall–Kier alpha value is -1.64. The standard InChI is InChI=1S/C18H25N3/c1-14(2)13-17-19-16-10-6-5-9-15(16)18(20-17)21-11-7-3-4-8-12-21/h5-6,9-10,14H,3-4,7-8,11-13H2,1-2H3. The van der Waals surface area contributed by atoms with E-state index in [0.29, 0.717) is 5.92 Å². The van der Waals surface area contributed by atoms with Crippen LogP contribution >= 0.6 is 0 Å². The molecule has 1 aliphatic rings. The van der Waals surface area contributed by atoms with E-state index >= 15 is 0 Å². The maximum atomic E-state index is 4.92. The van der Waals surface area contributed by atoms with E-state index < -0.39 is 0 Å². The van der Waals surface area contributed by atoms with Gasteiger partial charge in [-0.15, -0.1) is 0 Å². The minimum atomic E-state index is 0.586. The number of nitrogens with zero attached hydrogens (tertiary/aromatic N) is 3. The Balaban J connectivity index is 2.04. The van der Waals surface area contributed by atoms with Gasteiger partial charge >= 0.3 is 0 Å². The van der Waals surface area contributed by atoms with E-state index in [-0.39, 0.29) is 0 Å². The molecule has 0 bridgehead atoms. The maximum absolute atomic E-state index is 4.92. The van der Waals surface area contributed by atoms with E-state index in [1.165, 1.54) is 31.1 Å². The van der Waals surface area contributed by atoms with Crippen LogP contribution < -0.4 is 4.90 Å². The van der Waals surface area contributed by atoms with Gasteiger partial charge in [0.15, 0.2) is 0 Å². The highest BCUT2D eigenvalue weighted by Gasteiger charge is 2.16. The van der Waals surface area contributed by atoms with Crippen molar-refractivity contribution < 1.29 is 0 Å². The fourth-order valence-corrected chi connectivity index (χ4v) is 3.09. The van der Waals surface area contributed by atoms with Gasteiger partial charge < -0.3 is 4.90 Å². The Morgan fingerprint density at radius 2 is 1.71 bits per heavy atom. The lowest BCUT2D eigenvalue weighted by Crippen LogP contribution is -2.26. The van der Waals surface area contributed by atoms with Gasteiger partial charge in [0.1, 0.15) is 11.6 Å². The van der Waals surface area contributed by atoms with Crippen molar-refractivity contribution in [2.75, 3.05) is 18.0 Å². The zero-order valence-corrected chi connectivity index (χ0v) is 13.2. The first-order chi connectivity index (χ1) is 10.2. The number of fused-ring (bicyclic) bond motifs is 1. The predicted molar refractivity (Wildman–Crippen MR) is 88.8 cm³/mol. The summed E-state index contributed by atoms with van der Waals surface area (Å²) < 4.78 is 0. The summed E-state index contributed by atoms with van der Waals surface area (Å²) in [4.78, 5) is 12.2. The van der Waals surface area contributed by atoms with Crippen LogP contribution in [0.5, 0.6) is 0 Å². The molecule has 0 N–H and O–H groups in total. The molecule has 3 rings (SSSR count). The minimum Gasteiger partial charge on any atom is -0.356 e. The van der Waals surface area contributed by atoms with E-state index in [9.17, 15) is 0 Å². The molecule has 0 spiro atoms. The highest BCUT2D eigenvalue weighted by Crippen LogP contribution is 2.26. The Kier molecular flexibility index (Phi) is 4.37. The van der Waals surface area contributed by atoms with Crippen LogP contribution in [0.4, 0.5) is 5.82 Å². The molecule has 112 valence electrons. The van der Waals surface area contributed by atoms with Crippen LogP contribution in [-0.2, 0) is 6.42 Å². The van der Waals surface area contributed by atoms with Crippen LogP contribution in [0.25, 0.3) is 10.9 Å². The van der Waals surface area contributed by atoms with Crippen molar-refractivity contribution in [3.8, 4) is 0 Å². The van der Waals surface area contributed by atoms with Gasteiger partial charge in [0, 0.05) is 24.9 Å². The Labute approximate surface area is 127 Å². The van der Waals surface area contributed by atoms with E-state index in [2.05, 4.69) is 43.0 Å². The summed E-state index contributed by atoms with van der Waals surface area (Å²) in [6, 6.07) is 8.44. The molecule has 1 saturated heterocycles. The summed E-state index contributed by atoms with van der Waals surface area (Å²) in [6.45, 7) is 6.71. The van der Waals surface area contributed by atoms with Crippen molar-refractivity contribution >= 4 is 16.7 Å². The van der Waals surface area contributed by atoms with Crippen molar-refractivity contribution in [3.63, 3.8) is 0 Å². The minimum absolute atomic E-state index is 0.586. The highest BCUT2D eigenvalue weighted by molar-refractivity contribution is 5.89. The molecule has 3 nitrogen and oxygen atoms in total. The lowest BCUT2D eigenvalue weighted by molar-refractivity contribution is 0.621. The summed E-state index contributed by atoms with van der Waals surface area (Å²) >= 11 is 0. The first kappa shape index (κ1) is 14.3. The van der Waals surface area contributed by atoms with Gasteiger partial charge in [-0.25, -0.2) is 9.97 Å². The number of rotatable bonds is 3. The van der Waals surface area contributed by atoms with E-state index in [0.717, 1.165) is 36.7 Å². The average molecular weight is 283 g/mol. The average Bonchev–Trinajstić information content (AvgIpc) is 2.74. The Morgan fingerprint density at radius 1 is 1.00 bits per heavy atom. The molecule has 2 heterocycles. The molecule has 1 fully saturated rings. The van der Waals surface area contributed by atoms with E-state index in [4.69, 9.17) is 9.97 Å². The summed E-state index contributed by atoms with van der Waals surface area (Å²) in [7, 11) is 0. The quantitative estimate of drug-likeness (QED) is 0.845. The zero-order chi connectivity index (χ0) is 14.7. The molecule has 0 amide bonds. The highest BCUT2D eigenvalue weighted by atomic mass is 15.2. The molecule has 21 heavy (non-hydrogen) atoms. The van der Waals surface area contributed by atoms with Crippen LogP contribution in [0.1, 0.15) is 45.4 Å². The van der Waals surface area contributed by atoms with Gasteiger partial charge in [0.2, 0.25) is 0 Å². The monoisotopic (exact) mass is 283 g/mol. The van der Waals surface area contributed by atoms with Gasteiger partial charge in [-0.3, -0.25) is 0 Å². The lowest BCUT2D eigenvalue weighted by Gasteiger charge is -2.23. The topological polar surface area (TPSA) is 29.0 Å². The molecule has 1 aromatic heterocycles. The summed E-state index contributed by atoms with van der Waals surface area (Å²) in [6.07, 6.45) is 6.19. The van der Waals surface area contributed by atoms with Crippen molar-refractivity contribution in [2.24, 2.45) is 5.92 Å².